The molecule has 0 aliphatic carbocycles. The summed E-state index contributed by atoms with van der Waals surface area (Å²) in [5.41, 5.74) is 2.36. The molecule has 1 atom stereocenters. The SMILES string of the molecule is COC(C)CNc1ncc(C)cc1C. The number of aromatic nitrogens is 1. The number of nitrogens with one attached hydrogen (secondary N) is 1. The van der Waals surface area contributed by atoms with Crippen LogP contribution >= 0.6 is 0 Å². The van der Waals surface area contributed by atoms with Crippen LogP contribution in [-0.4, -0.2) is 24.7 Å². The zero-order valence-electron chi connectivity index (χ0n) is 9.29. The first-order valence-electron chi connectivity index (χ1n) is 4.83. The minimum Gasteiger partial charge on any atom is -0.380 e. The average Bonchev–Trinajstić information content (AvgIpc) is 2.16. The molecule has 0 fully saturated rings. The summed E-state index contributed by atoms with van der Waals surface area (Å²) < 4.78 is 5.15. The van der Waals surface area contributed by atoms with Crippen molar-refractivity contribution in [1.29, 1.82) is 0 Å². The topological polar surface area (TPSA) is 34.1 Å². The van der Waals surface area contributed by atoms with Gasteiger partial charge in [-0.3, -0.25) is 0 Å². The first-order valence-corrected chi connectivity index (χ1v) is 4.83. The van der Waals surface area contributed by atoms with Gasteiger partial charge < -0.3 is 10.1 Å². The summed E-state index contributed by atoms with van der Waals surface area (Å²) >= 11 is 0. The zero-order chi connectivity index (χ0) is 10.6. The van der Waals surface area contributed by atoms with Crippen LogP contribution in [0.2, 0.25) is 0 Å². The van der Waals surface area contributed by atoms with Gasteiger partial charge in [-0.15, -0.1) is 0 Å². The largest absolute Gasteiger partial charge is 0.380 e. The van der Waals surface area contributed by atoms with Crippen molar-refractivity contribution in [3.05, 3.63) is 23.4 Å². The van der Waals surface area contributed by atoms with E-state index >= 15 is 0 Å². The van der Waals surface area contributed by atoms with Crippen LogP contribution in [0.3, 0.4) is 0 Å². The van der Waals surface area contributed by atoms with E-state index in [1.807, 2.05) is 20.0 Å². The molecular formula is C11H18N2O. The highest BCUT2D eigenvalue weighted by molar-refractivity contribution is 5.44. The highest BCUT2D eigenvalue weighted by Crippen LogP contribution is 2.11. The Bertz CT molecular complexity index is 299. The number of pyridine rings is 1. The van der Waals surface area contributed by atoms with Crippen molar-refractivity contribution < 1.29 is 4.74 Å². The molecule has 0 bridgehead atoms. The van der Waals surface area contributed by atoms with Gasteiger partial charge in [0.05, 0.1) is 6.10 Å². The maximum atomic E-state index is 5.15. The van der Waals surface area contributed by atoms with Gasteiger partial charge in [0.2, 0.25) is 0 Å². The fourth-order valence-electron chi connectivity index (χ4n) is 1.22. The smallest absolute Gasteiger partial charge is 0.128 e. The molecule has 1 aromatic heterocycles. The van der Waals surface area contributed by atoms with Crippen molar-refractivity contribution in [3.63, 3.8) is 0 Å². The highest BCUT2D eigenvalue weighted by Gasteiger charge is 2.02. The van der Waals surface area contributed by atoms with E-state index in [0.717, 1.165) is 12.4 Å². The molecule has 14 heavy (non-hydrogen) atoms. The van der Waals surface area contributed by atoms with E-state index in [9.17, 15) is 0 Å². The van der Waals surface area contributed by atoms with Crippen LogP contribution in [0.4, 0.5) is 5.82 Å². The van der Waals surface area contributed by atoms with Crippen LogP contribution in [-0.2, 0) is 4.74 Å². The fourth-order valence-corrected chi connectivity index (χ4v) is 1.22. The third-order valence-corrected chi connectivity index (χ3v) is 2.17. The van der Waals surface area contributed by atoms with Crippen LogP contribution < -0.4 is 5.32 Å². The second-order valence-corrected chi connectivity index (χ2v) is 3.61. The normalized spacial score (nSPS) is 12.6. The predicted molar refractivity (Wildman–Crippen MR) is 58.7 cm³/mol. The Hall–Kier alpha value is -1.09. The average molecular weight is 194 g/mol. The number of methoxy groups -OCH3 is 1. The van der Waals surface area contributed by atoms with Gasteiger partial charge in [-0.05, 0) is 31.9 Å². The van der Waals surface area contributed by atoms with E-state index < -0.39 is 0 Å². The molecule has 0 spiro atoms. The molecule has 1 unspecified atom stereocenters. The molecule has 1 aromatic rings. The number of rotatable bonds is 4. The highest BCUT2D eigenvalue weighted by atomic mass is 16.5. The fraction of sp³-hybridized carbons (Fsp3) is 0.545. The van der Waals surface area contributed by atoms with Crippen LogP contribution in [0.25, 0.3) is 0 Å². The third kappa shape index (κ3) is 3.00. The van der Waals surface area contributed by atoms with Crippen molar-refractivity contribution in [1.82, 2.24) is 4.98 Å². The number of anilines is 1. The summed E-state index contributed by atoms with van der Waals surface area (Å²) in [6.45, 7) is 6.91. The van der Waals surface area contributed by atoms with E-state index in [2.05, 4.69) is 23.3 Å². The summed E-state index contributed by atoms with van der Waals surface area (Å²) in [6, 6.07) is 2.12. The lowest BCUT2D eigenvalue weighted by Crippen LogP contribution is -2.19. The van der Waals surface area contributed by atoms with Crippen molar-refractivity contribution in [3.8, 4) is 0 Å². The lowest BCUT2D eigenvalue weighted by atomic mass is 10.2. The summed E-state index contributed by atoms with van der Waals surface area (Å²) in [5, 5.41) is 3.25. The van der Waals surface area contributed by atoms with E-state index in [-0.39, 0.29) is 6.10 Å². The molecule has 0 radical (unpaired) electrons. The van der Waals surface area contributed by atoms with Crippen LogP contribution in [0, 0.1) is 13.8 Å². The number of aryl methyl sites for hydroxylation is 2. The number of hydrogen-bond donors (Lipinski definition) is 1. The molecule has 0 saturated carbocycles. The van der Waals surface area contributed by atoms with Gasteiger partial charge in [0, 0.05) is 19.9 Å². The maximum absolute atomic E-state index is 5.15. The molecule has 1 rings (SSSR count). The molecule has 0 aliphatic heterocycles. The molecule has 3 heteroatoms. The molecule has 3 nitrogen and oxygen atoms in total. The van der Waals surface area contributed by atoms with E-state index in [4.69, 9.17) is 4.74 Å². The molecule has 0 aromatic carbocycles. The van der Waals surface area contributed by atoms with Crippen LogP contribution in [0.15, 0.2) is 12.3 Å². The minimum absolute atomic E-state index is 0.206. The van der Waals surface area contributed by atoms with E-state index in [1.165, 1.54) is 11.1 Å². The van der Waals surface area contributed by atoms with Gasteiger partial charge in [0.15, 0.2) is 0 Å². The Kier molecular flexibility index (Phi) is 3.89. The summed E-state index contributed by atoms with van der Waals surface area (Å²) in [6.07, 6.45) is 2.07. The van der Waals surface area contributed by atoms with Gasteiger partial charge in [0.1, 0.15) is 5.82 Å². The number of ether oxygens (including phenoxy) is 1. The first kappa shape index (κ1) is 11.0. The van der Waals surface area contributed by atoms with Crippen LogP contribution in [0.5, 0.6) is 0 Å². The van der Waals surface area contributed by atoms with Gasteiger partial charge >= 0.3 is 0 Å². The Morgan fingerprint density at radius 1 is 1.50 bits per heavy atom. The molecule has 1 N–H and O–H groups in total. The second-order valence-electron chi connectivity index (χ2n) is 3.61. The molecule has 78 valence electrons. The molecule has 0 aliphatic rings. The Balaban J connectivity index is 2.59. The third-order valence-electron chi connectivity index (χ3n) is 2.17. The van der Waals surface area contributed by atoms with Crippen molar-refractivity contribution in [2.75, 3.05) is 19.0 Å². The number of nitrogens with zero attached hydrogens (tertiary/aromatic N) is 1. The Morgan fingerprint density at radius 2 is 2.21 bits per heavy atom. The summed E-state index contributed by atoms with van der Waals surface area (Å²) in [4.78, 5) is 4.32. The molecule has 0 amide bonds. The van der Waals surface area contributed by atoms with Gasteiger partial charge in [-0.25, -0.2) is 4.98 Å². The first-order chi connectivity index (χ1) is 6.63. The zero-order valence-corrected chi connectivity index (χ0v) is 9.29. The van der Waals surface area contributed by atoms with Crippen molar-refractivity contribution in [2.45, 2.75) is 26.9 Å². The second kappa shape index (κ2) is 4.96. The van der Waals surface area contributed by atoms with Crippen molar-refractivity contribution >= 4 is 5.82 Å². The lowest BCUT2D eigenvalue weighted by molar-refractivity contribution is 0.128. The lowest BCUT2D eigenvalue weighted by Gasteiger charge is -2.12. The van der Waals surface area contributed by atoms with Crippen molar-refractivity contribution in [2.24, 2.45) is 0 Å². The molecule has 0 saturated heterocycles. The van der Waals surface area contributed by atoms with Crippen LogP contribution in [0.1, 0.15) is 18.1 Å². The Labute approximate surface area is 85.5 Å². The molecular weight excluding hydrogens is 176 g/mol. The number of hydrogen-bond acceptors (Lipinski definition) is 3. The maximum Gasteiger partial charge on any atom is 0.128 e. The van der Waals surface area contributed by atoms with Gasteiger partial charge in [-0.1, -0.05) is 6.07 Å². The van der Waals surface area contributed by atoms with E-state index in [1.54, 1.807) is 7.11 Å². The summed E-state index contributed by atoms with van der Waals surface area (Å²) in [5.74, 6) is 0.944. The quantitative estimate of drug-likeness (QED) is 0.797. The summed E-state index contributed by atoms with van der Waals surface area (Å²) in [7, 11) is 1.71. The monoisotopic (exact) mass is 194 g/mol. The minimum atomic E-state index is 0.206. The van der Waals surface area contributed by atoms with Gasteiger partial charge in [0.25, 0.3) is 0 Å². The molecule has 1 heterocycles. The predicted octanol–water partition coefficient (Wildman–Crippen LogP) is 2.15. The standard InChI is InChI=1S/C11H18N2O/c1-8-5-9(2)11(12-6-8)13-7-10(3)14-4/h5-6,10H,7H2,1-4H3,(H,12,13). The van der Waals surface area contributed by atoms with Gasteiger partial charge in [-0.2, -0.15) is 0 Å². The van der Waals surface area contributed by atoms with E-state index in [0.29, 0.717) is 0 Å². The Morgan fingerprint density at radius 3 is 2.79 bits per heavy atom.